The number of benzene rings is 1. The van der Waals surface area contributed by atoms with Crippen LogP contribution in [0.25, 0.3) is 0 Å². The van der Waals surface area contributed by atoms with Gasteiger partial charge < -0.3 is 9.47 Å². The summed E-state index contributed by atoms with van der Waals surface area (Å²) in [6, 6.07) is 6.25. The molecule has 0 N–H and O–H groups in total. The predicted molar refractivity (Wildman–Crippen MR) is 59.9 cm³/mol. The number of rotatable bonds is 1. The molecule has 0 amide bonds. The number of hydrogen-bond acceptors (Lipinski definition) is 4. The number of fused-ring (bicyclic) bond motifs is 2. The van der Waals surface area contributed by atoms with E-state index in [0.29, 0.717) is 23.0 Å². The van der Waals surface area contributed by atoms with Gasteiger partial charge in [-0.1, -0.05) is 12.1 Å². The molecule has 2 aromatic rings. The van der Waals surface area contributed by atoms with Crippen molar-refractivity contribution in [2.75, 3.05) is 7.11 Å². The van der Waals surface area contributed by atoms with E-state index in [1.807, 2.05) is 18.2 Å². The Hall–Kier alpha value is -1.56. The number of methoxy groups -OCH3 is 1. The van der Waals surface area contributed by atoms with Gasteiger partial charge in [0, 0.05) is 5.56 Å². The van der Waals surface area contributed by atoms with Crippen molar-refractivity contribution >= 4 is 15.9 Å². The highest BCUT2D eigenvalue weighted by molar-refractivity contribution is 9.10. The Morgan fingerprint density at radius 1 is 1.50 bits per heavy atom. The molecule has 1 aliphatic rings. The molecule has 6 heteroatoms. The van der Waals surface area contributed by atoms with Crippen LogP contribution in [0.1, 0.15) is 5.56 Å². The molecule has 0 radical (unpaired) electrons. The van der Waals surface area contributed by atoms with Crippen molar-refractivity contribution in [2.45, 2.75) is 6.54 Å². The van der Waals surface area contributed by atoms with Crippen LogP contribution in [0.15, 0.2) is 22.9 Å². The standard InChI is InChI=1S/C10H8BrN3O2/c1-15-7-4-2-3-6-5-14-10(16-8(6)7)12-9(11)13-14/h2-4H,5H2,1H3. The molecule has 0 spiro atoms. The zero-order chi connectivity index (χ0) is 11.1. The highest BCUT2D eigenvalue weighted by atomic mass is 79.9. The highest BCUT2D eigenvalue weighted by Gasteiger charge is 2.22. The van der Waals surface area contributed by atoms with Crippen LogP contribution in [0, 0.1) is 0 Å². The first-order valence-electron chi connectivity index (χ1n) is 4.72. The van der Waals surface area contributed by atoms with E-state index in [-0.39, 0.29) is 0 Å². The van der Waals surface area contributed by atoms with Crippen LogP contribution in [0.3, 0.4) is 0 Å². The first-order chi connectivity index (χ1) is 7.78. The monoisotopic (exact) mass is 281 g/mol. The Morgan fingerprint density at radius 3 is 3.19 bits per heavy atom. The third kappa shape index (κ3) is 1.37. The average Bonchev–Trinajstić information content (AvgIpc) is 2.64. The van der Waals surface area contributed by atoms with Gasteiger partial charge >= 0.3 is 6.01 Å². The third-order valence-corrected chi connectivity index (χ3v) is 2.74. The molecule has 5 nitrogen and oxygen atoms in total. The van der Waals surface area contributed by atoms with E-state index in [2.05, 4.69) is 26.0 Å². The molecule has 0 saturated carbocycles. The first kappa shape index (κ1) is 9.65. The molecule has 0 atom stereocenters. The van der Waals surface area contributed by atoms with E-state index < -0.39 is 0 Å². The second kappa shape index (κ2) is 3.48. The van der Waals surface area contributed by atoms with Crippen molar-refractivity contribution in [3.8, 4) is 17.5 Å². The van der Waals surface area contributed by atoms with Crippen molar-refractivity contribution in [3.05, 3.63) is 28.5 Å². The summed E-state index contributed by atoms with van der Waals surface area (Å²) < 4.78 is 13.1. The van der Waals surface area contributed by atoms with Crippen LogP contribution >= 0.6 is 15.9 Å². The summed E-state index contributed by atoms with van der Waals surface area (Å²) in [5.74, 6) is 1.43. The summed E-state index contributed by atoms with van der Waals surface area (Å²) in [6.07, 6.45) is 0. The summed E-state index contributed by atoms with van der Waals surface area (Å²) in [7, 11) is 1.62. The van der Waals surface area contributed by atoms with Gasteiger partial charge in [-0.2, -0.15) is 4.98 Å². The fourth-order valence-electron chi connectivity index (χ4n) is 1.69. The second-order valence-corrected chi connectivity index (χ2v) is 4.08. The molecule has 0 fully saturated rings. The van der Waals surface area contributed by atoms with Crippen LogP contribution in [-0.4, -0.2) is 21.9 Å². The maximum atomic E-state index is 5.65. The van der Waals surface area contributed by atoms with Crippen molar-refractivity contribution in [1.29, 1.82) is 0 Å². The van der Waals surface area contributed by atoms with Gasteiger partial charge in [-0.05, 0) is 22.0 Å². The lowest BCUT2D eigenvalue weighted by atomic mass is 10.1. The molecule has 3 rings (SSSR count). The van der Waals surface area contributed by atoms with E-state index in [9.17, 15) is 0 Å². The van der Waals surface area contributed by atoms with Crippen LogP contribution < -0.4 is 9.47 Å². The van der Waals surface area contributed by atoms with Gasteiger partial charge in [-0.3, -0.25) is 0 Å². The van der Waals surface area contributed by atoms with Crippen LogP contribution in [0.2, 0.25) is 0 Å². The summed E-state index contributed by atoms with van der Waals surface area (Å²) >= 11 is 3.22. The Morgan fingerprint density at radius 2 is 2.38 bits per heavy atom. The van der Waals surface area contributed by atoms with Gasteiger partial charge in [0.1, 0.15) is 0 Å². The topological polar surface area (TPSA) is 49.2 Å². The normalized spacial score (nSPS) is 12.6. The van der Waals surface area contributed by atoms with Crippen LogP contribution in [-0.2, 0) is 6.54 Å². The SMILES string of the molecule is COc1cccc2c1Oc1nc(Br)nn1C2. The lowest BCUT2D eigenvalue weighted by Crippen LogP contribution is -2.11. The number of ether oxygens (including phenoxy) is 2. The minimum Gasteiger partial charge on any atom is -0.493 e. The summed E-state index contributed by atoms with van der Waals surface area (Å²) in [6.45, 7) is 0.639. The molecule has 16 heavy (non-hydrogen) atoms. The van der Waals surface area contributed by atoms with Crippen molar-refractivity contribution in [1.82, 2.24) is 14.8 Å². The highest BCUT2D eigenvalue weighted by Crippen LogP contribution is 2.38. The van der Waals surface area contributed by atoms with Crippen molar-refractivity contribution < 1.29 is 9.47 Å². The second-order valence-electron chi connectivity index (χ2n) is 3.37. The van der Waals surface area contributed by atoms with Crippen molar-refractivity contribution in [3.63, 3.8) is 0 Å². The number of nitrogens with zero attached hydrogens (tertiary/aromatic N) is 3. The molecular weight excluding hydrogens is 274 g/mol. The maximum Gasteiger partial charge on any atom is 0.321 e. The van der Waals surface area contributed by atoms with Crippen LogP contribution in [0.5, 0.6) is 17.5 Å². The molecule has 0 bridgehead atoms. The number of aromatic nitrogens is 3. The number of para-hydroxylation sites is 1. The Labute approximate surface area is 100 Å². The molecule has 2 heterocycles. The minimum absolute atomic E-state index is 0.476. The maximum absolute atomic E-state index is 5.65. The zero-order valence-corrected chi connectivity index (χ0v) is 10.1. The van der Waals surface area contributed by atoms with Crippen molar-refractivity contribution in [2.24, 2.45) is 0 Å². The van der Waals surface area contributed by atoms with Gasteiger partial charge in [0.25, 0.3) is 0 Å². The Kier molecular flexibility index (Phi) is 2.10. The van der Waals surface area contributed by atoms with Gasteiger partial charge in [0.2, 0.25) is 4.73 Å². The molecule has 0 unspecified atom stereocenters. The fourth-order valence-corrected chi connectivity index (χ4v) is 2.04. The fraction of sp³-hybridized carbons (Fsp3) is 0.200. The molecule has 82 valence electrons. The summed E-state index contributed by atoms with van der Waals surface area (Å²) in [5.41, 5.74) is 1.03. The molecule has 0 aliphatic carbocycles. The van der Waals surface area contributed by atoms with E-state index in [0.717, 1.165) is 11.3 Å². The lowest BCUT2D eigenvalue weighted by molar-refractivity contribution is 0.336. The minimum atomic E-state index is 0.476. The van der Waals surface area contributed by atoms with E-state index >= 15 is 0 Å². The van der Waals surface area contributed by atoms with Gasteiger partial charge in [-0.25, -0.2) is 4.68 Å². The summed E-state index contributed by atoms with van der Waals surface area (Å²) in [5, 5.41) is 4.16. The van der Waals surface area contributed by atoms with Crippen LogP contribution in [0.4, 0.5) is 0 Å². The molecule has 0 saturated heterocycles. The Balaban J connectivity index is 2.11. The van der Waals surface area contributed by atoms with E-state index in [1.54, 1.807) is 11.8 Å². The Bertz CT molecular complexity index is 553. The molecule has 1 aromatic carbocycles. The number of halogens is 1. The van der Waals surface area contributed by atoms with Gasteiger partial charge in [0.05, 0.1) is 13.7 Å². The average molecular weight is 282 g/mol. The largest absolute Gasteiger partial charge is 0.493 e. The zero-order valence-electron chi connectivity index (χ0n) is 8.48. The summed E-state index contributed by atoms with van der Waals surface area (Å²) in [4.78, 5) is 4.12. The quantitative estimate of drug-likeness (QED) is 0.686. The lowest BCUT2D eigenvalue weighted by Gasteiger charge is -2.18. The van der Waals surface area contributed by atoms with E-state index in [1.165, 1.54) is 0 Å². The molecular formula is C10H8BrN3O2. The van der Waals surface area contributed by atoms with Gasteiger partial charge in [-0.15, -0.1) is 5.10 Å². The smallest absolute Gasteiger partial charge is 0.321 e. The molecule has 1 aromatic heterocycles. The third-order valence-electron chi connectivity index (χ3n) is 2.41. The first-order valence-corrected chi connectivity index (χ1v) is 5.51. The van der Waals surface area contributed by atoms with Gasteiger partial charge in [0.15, 0.2) is 11.5 Å². The predicted octanol–water partition coefficient (Wildman–Crippen LogP) is 2.20. The number of hydrogen-bond donors (Lipinski definition) is 0. The molecule has 1 aliphatic heterocycles. The van der Waals surface area contributed by atoms with E-state index in [4.69, 9.17) is 9.47 Å².